The summed E-state index contributed by atoms with van der Waals surface area (Å²) in [4.78, 5) is 43.5. The van der Waals surface area contributed by atoms with Crippen LogP contribution in [-0.2, 0) is 17.9 Å². The van der Waals surface area contributed by atoms with E-state index in [-0.39, 0.29) is 36.2 Å². The van der Waals surface area contributed by atoms with E-state index >= 15 is 0 Å². The third kappa shape index (κ3) is 4.31. The van der Waals surface area contributed by atoms with Gasteiger partial charge in [-0.3, -0.25) is 14.5 Å². The summed E-state index contributed by atoms with van der Waals surface area (Å²) < 4.78 is 28.8. The quantitative estimate of drug-likeness (QED) is 0.284. The largest absolute Gasteiger partial charge is 0.496 e. The van der Waals surface area contributed by atoms with E-state index in [0.717, 1.165) is 4.90 Å². The highest BCUT2D eigenvalue weighted by Gasteiger charge is 2.35. The Bertz CT molecular complexity index is 1450. The van der Waals surface area contributed by atoms with Crippen molar-refractivity contribution in [1.82, 2.24) is 15.0 Å². The van der Waals surface area contributed by atoms with Crippen LogP contribution < -0.4 is 4.74 Å². The van der Waals surface area contributed by atoms with Crippen molar-refractivity contribution in [1.29, 1.82) is 0 Å². The van der Waals surface area contributed by atoms with E-state index in [2.05, 4.69) is 10.1 Å². The van der Waals surface area contributed by atoms with Gasteiger partial charge in [-0.05, 0) is 54.1 Å². The maximum atomic E-state index is 13.1. The molecule has 180 valence electrons. The number of hydrogen-bond donors (Lipinski definition) is 0. The molecule has 0 saturated carbocycles. The number of ether oxygens (including phenoxy) is 2. The topological polar surface area (TPSA) is 112 Å². The Labute approximate surface area is 204 Å². The molecule has 36 heavy (non-hydrogen) atoms. The summed E-state index contributed by atoms with van der Waals surface area (Å²) in [5, 5.41) is 3.81. The van der Waals surface area contributed by atoms with Gasteiger partial charge in [0.2, 0.25) is 5.82 Å². The molecule has 0 fully saturated rings. The van der Waals surface area contributed by atoms with Gasteiger partial charge >= 0.3 is 5.97 Å². The third-order valence-corrected chi connectivity index (χ3v) is 5.60. The number of nitrogens with zero attached hydrogens (tertiary/aromatic N) is 3. The Morgan fingerprint density at radius 3 is 2.36 bits per heavy atom. The second kappa shape index (κ2) is 9.41. The van der Waals surface area contributed by atoms with Gasteiger partial charge in [0.15, 0.2) is 6.61 Å². The summed E-state index contributed by atoms with van der Waals surface area (Å²) in [6.07, 6.45) is 0. The first kappa shape index (κ1) is 22.9. The minimum Gasteiger partial charge on any atom is -0.496 e. The fourth-order valence-electron chi connectivity index (χ4n) is 3.81. The average Bonchev–Trinajstić information content (AvgIpc) is 3.47. The van der Waals surface area contributed by atoms with Crippen molar-refractivity contribution in [3.05, 3.63) is 101 Å². The fourth-order valence-corrected chi connectivity index (χ4v) is 3.81. The van der Waals surface area contributed by atoms with Crippen LogP contribution in [0.4, 0.5) is 4.39 Å². The molecule has 0 bridgehead atoms. The molecule has 0 saturated heterocycles. The van der Waals surface area contributed by atoms with Crippen LogP contribution >= 0.6 is 0 Å². The second-order valence-electron chi connectivity index (χ2n) is 7.87. The average molecular weight is 487 g/mol. The molecule has 10 heteroatoms. The number of fused-ring (bicyclic) bond motifs is 1. The molecular weight excluding hydrogens is 469 g/mol. The van der Waals surface area contributed by atoms with Gasteiger partial charge in [0.05, 0.1) is 24.8 Å². The summed E-state index contributed by atoms with van der Waals surface area (Å²) in [7, 11) is 1.41. The number of esters is 1. The van der Waals surface area contributed by atoms with E-state index in [1.807, 2.05) is 0 Å². The Balaban J connectivity index is 1.29. The van der Waals surface area contributed by atoms with Crippen LogP contribution in [0.2, 0.25) is 0 Å². The summed E-state index contributed by atoms with van der Waals surface area (Å²) in [6.45, 7) is -0.333. The van der Waals surface area contributed by atoms with E-state index in [0.29, 0.717) is 22.3 Å². The Kier molecular flexibility index (Phi) is 5.99. The molecule has 9 nitrogen and oxygen atoms in total. The Hall–Kier alpha value is -4.86. The van der Waals surface area contributed by atoms with Crippen molar-refractivity contribution >= 4 is 17.8 Å². The van der Waals surface area contributed by atoms with E-state index in [4.69, 9.17) is 14.0 Å². The molecule has 0 radical (unpaired) electrons. The van der Waals surface area contributed by atoms with E-state index in [1.165, 1.54) is 37.4 Å². The predicted octanol–water partition coefficient (Wildman–Crippen LogP) is 4.04. The summed E-state index contributed by atoms with van der Waals surface area (Å²) in [6, 6.07) is 16.9. The first-order valence-electron chi connectivity index (χ1n) is 10.8. The Morgan fingerprint density at radius 2 is 1.69 bits per heavy atom. The number of carbonyl (C=O) groups is 3. The normalized spacial score (nSPS) is 12.6. The number of carbonyl (C=O) groups excluding carboxylic acids is 3. The molecule has 0 aliphatic carbocycles. The zero-order chi connectivity index (χ0) is 25.2. The van der Waals surface area contributed by atoms with Crippen molar-refractivity contribution < 1.29 is 32.8 Å². The molecular formula is C26H18FN3O6. The zero-order valence-corrected chi connectivity index (χ0v) is 18.9. The zero-order valence-electron chi connectivity index (χ0n) is 18.9. The third-order valence-electron chi connectivity index (χ3n) is 5.60. The molecule has 4 aromatic rings. The van der Waals surface area contributed by atoms with Crippen LogP contribution in [0.25, 0.3) is 11.4 Å². The first-order valence-corrected chi connectivity index (χ1v) is 10.8. The predicted molar refractivity (Wildman–Crippen MR) is 122 cm³/mol. The lowest BCUT2D eigenvalue weighted by atomic mass is 10.1. The molecule has 0 atom stereocenters. The molecule has 0 unspecified atom stereocenters. The maximum Gasteiger partial charge on any atom is 0.342 e. The van der Waals surface area contributed by atoms with Gasteiger partial charge in [-0.1, -0.05) is 23.4 Å². The number of methoxy groups -OCH3 is 1. The van der Waals surface area contributed by atoms with Crippen molar-refractivity contribution in [2.75, 3.05) is 7.11 Å². The first-order chi connectivity index (χ1) is 17.4. The van der Waals surface area contributed by atoms with Crippen LogP contribution in [0.15, 0.2) is 71.3 Å². The van der Waals surface area contributed by atoms with Gasteiger partial charge in [-0.2, -0.15) is 4.98 Å². The van der Waals surface area contributed by atoms with Crippen LogP contribution in [0.1, 0.15) is 42.5 Å². The lowest BCUT2D eigenvalue weighted by Crippen LogP contribution is -2.29. The summed E-state index contributed by atoms with van der Waals surface area (Å²) in [5.74, 6) is -1.39. The second-order valence-corrected chi connectivity index (χ2v) is 7.87. The number of aromatic nitrogens is 2. The van der Waals surface area contributed by atoms with Crippen molar-refractivity contribution in [2.45, 2.75) is 13.2 Å². The minimum atomic E-state index is -0.724. The van der Waals surface area contributed by atoms with Crippen LogP contribution in [0.5, 0.6) is 5.75 Å². The number of halogens is 1. The van der Waals surface area contributed by atoms with Crippen LogP contribution in [0, 0.1) is 5.82 Å². The standard InChI is InChI=1S/C26H18FN3O6/c1-34-21-11-6-15(13-30-24(31)18-4-2-3-5-19(18)25(30)32)12-20(21)26(33)35-14-22-28-23(29-36-22)16-7-9-17(27)10-8-16/h2-12H,13-14H2,1H3. The number of imide groups is 1. The molecule has 3 aromatic carbocycles. The van der Waals surface area contributed by atoms with Crippen LogP contribution in [-0.4, -0.2) is 39.9 Å². The van der Waals surface area contributed by atoms with Gasteiger partial charge in [-0.25, -0.2) is 9.18 Å². The summed E-state index contributed by atoms with van der Waals surface area (Å²) >= 11 is 0. The monoisotopic (exact) mass is 487 g/mol. The smallest absolute Gasteiger partial charge is 0.342 e. The summed E-state index contributed by atoms with van der Waals surface area (Å²) in [5.41, 5.74) is 1.86. The number of amides is 2. The van der Waals surface area contributed by atoms with Crippen LogP contribution in [0.3, 0.4) is 0 Å². The molecule has 1 aromatic heterocycles. The lowest BCUT2D eigenvalue weighted by molar-refractivity contribution is 0.0426. The minimum absolute atomic E-state index is 0.0265. The molecule has 1 aliphatic heterocycles. The highest BCUT2D eigenvalue weighted by atomic mass is 19.1. The molecule has 2 amide bonds. The molecule has 2 heterocycles. The lowest BCUT2D eigenvalue weighted by Gasteiger charge is -2.15. The maximum absolute atomic E-state index is 13.1. The fraction of sp³-hybridized carbons (Fsp3) is 0.115. The van der Waals surface area contributed by atoms with E-state index in [1.54, 1.807) is 36.4 Å². The number of hydrogen-bond acceptors (Lipinski definition) is 8. The molecule has 5 rings (SSSR count). The van der Waals surface area contributed by atoms with Gasteiger partial charge in [0.25, 0.3) is 17.7 Å². The SMILES string of the molecule is COc1ccc(CN2C(=O)c3ccccc3C2=O)cc1C(=O)OCc1nc(-c2ccc(F)cc2)no1. The van der Waals surface area contributed by atoms with E-state index < -0.39 is 23.6 Å². The van der Waals surface area contributed by atoms with Crippen molar-refractivity contribution in [3.63, 3.8) is 0 Å². The van der Waals surface area contributed by atoms with Gasteiger partial charge in [-0.15, -0.1) is 0 Å². The van der Waals surface area contributed by atoms with Gasteiger partial charge in [0, 0.05) is 5.56 Å². The molecule has 1 aliphatic rings. The Morgan fingerprint density at radius 1 is 1.00 bits per heavy atom. The molecule has 0 N–H and O–H groups in total. The molecule has 0 spiro atoms. The highest BCUT2D eigenvalue weighted by molar-refractivity contribution is 6.21. The van der Waals surface area contributed by atoms with E-state index in [9.17, 15) is 18.8 Å². The van der Waals surface area contributed by atoms with Gasteiger partial charge in [0.1, 0.15) is 17.1 Å². The van der Waals surface area contributed by atoms with Crippen molar-refractivity contribution in [3.8, 4) is 17.1 Å². The highest BCUT2D eigenvalue weighted by Crippen LogP contribution is 2.27. The van der Waals surface area contributed by atoms with Gasteiger partial charge < -0.3 is 14.0 Å². The van der Waals surface area contributed by atoms with Crippen molar-refractivity contribution in [2.24, 2.45) is 0 Å². The number of rotatable bonds is 7. The number of benzene rings is 3.